The quantitative estimate of drug-likeness (QED) is 0.142. The number of nitrogens with zero attached hydrogens (tertiary/aromatic N) is 2. The molecule has 0 amide bonds. The lowest BCUT2D eigenvalue weighted by Crippen LogP contribution is -2.60. The second kappa shape index (κ2) is 10.8. The summed E-state index contributed by atoms with van der Waals surface area (Å²) in [6.45, 7) is -0.551. The molecular formula is C25H24ClN3O8. The Bertz CT molecular complexity index is 1420. The highest BCUT2D eigenvalue weighted by atomic mass is 35.5. The fraction of sp³-hybridized carbons (Fsp3) is 0.240. The number of hydrogen-bond acceptors (Lipinski definition) is 10. The van der Waals surface area contributed by atoms with Gasteiger partial charge in [-0.15, -0.1) is 12.4 Å². The van der Waals surface area contributed by atoms with E-state index in [0.717, 1.165) is 11.1 Å². The van der Waals surface area contributed by atoms with Gasteiger partial charge in [0.15, 0.2) is 0 Å². The molecule has 0 aliphatic carbocycles. The molecule has 1 saturated heterocycles. The highest BCUT2D eigenvalue weighted by molar-refractivity contribution is 6.09. The molecule has 1 aromatic heterocycles. The summed E-state index contributed by atoms with van der Waals surface area (Å²) in [6, 6.07) is 18.7. The van der Waals surface area contributed by atoms with E-state index in [1.54, 1.807) is 30.3 Å². The predicted octanol–water partition coefficient (Wildman–Crippen LogP) is 2.64. The number of rotatable bonds is 6. The van der Waals surface area contributed by atoms with Gasteiger partial charge in [-0.25, -0.2) is 4.98 Å². The molecule has 5 rings (SSSR count). The molecule has 5 atom stereocenters. The summed E-state index contributed by atoms with van der Waals surface area (Å²) in [4.78, 5) is 15.4. The molecule has 0 saturated carbocycles. The summed E-state index contributed by atoms with van der Waals surface area (Å²) < 4.78 is 11.0. The number of para-hydroxylation sites is 1. The van der Waals surface area contributed by atoms with Crippen LogP contribution in [0.3, 0.4) is 0 Å². The van der Waals surface area contributed by atoms with E-state index < -0.39 is 42.2 Å². The first-order chi connectivity index (χ1) is 17.4. The zero-order chi connectivity index (χ0) is 25.4. The molecule has 11 nitrogen and oxygen atoms in total. The van der Waals surface area contributed by atoms with Crippen molar-refractivity contribution in [1.82, 2.24) is 4.98 Å². The summed E-state index contributed by atoms with van der Waals surface area (Å²) in [5, 5.41) is 55.5. The van der Waals surface area contributed by atoms with Crippen molar-refractivity contribution in [1.29, 1.82) is 0 Å². The molecule has 4 aromatic rings. The van der Waals surface area contributed by atoms with Crippen LogP contribution in [-0.4, -0.2) is 67.6 Å². The molecule has 37 heavy (non-hydrogen) atoms. The van der Waals surface area contributed by atoms with Gasteiger partial charge >= 0.3 is 0 Å². The van der Waals surface area contributed by atoms with Crippen molar-refractivity contribution < 1.29 is 34.8 Å². The van der Waals surface area contributed by atoms with Gasteiger partial charge < -0.3 is 35.2 Å². The zero-order valence-electron chi connectivity index (χ0n) is 19.2. The fourth-order valence-electron chi connectivity index (χ4n) is 4.19. The van der Waals surface area contributed by atoms with E-state index in [2.05, 4.69) is 10.3 Å². The lowest BCUT2D eigenvalue weighted by atomic mass is 9.99. The molecule has 1 aliphatic rings. The number of anilines is 2. The van der Waals surface area contributed by atoms with Crippen LogP contribution in [0.25, 0.3) is 21.8 Å². The highest BCUT2D eigenvalue weighted by Crippen LogP contribution is 2.35. The van der Waals surface area contributed by atoms with Gasteiger partial charge in [0.2, 0.25) is 6.29 Å². The van der Waals surface area contributed by atoms with Crippen LogP contribution in [-0.2, 0) is 4.74 Å². The number of ether oxygens (including phenoxy) is 2. The van der Waals surface area contributed by atoms with Gasteiger partial charge in [-0.1, -0.05) is 18.2 Å². The van der Waals surface area contributed by atoms with E-state index in [4.69, 9.17) is 9.47 Å². The summed E-state index contributed by atoms with van der Waals surface area (Å²) in [7, 11) is 0. The molecule has 0 bridgehead atoms. The summed E-state index contributed by atoms with van der Waals surface area (Å²) in [5.74, 6) is 0.324. The summed E-state index contributed by atoms with van der Waals surface area (Å²) in [5.41, 5.74) is 2.52. The molecular weight excluding hydrogens is 506 g/mol. The van der Waals surface area contributed by atoms with Crippen LogP contribution in [0.5, 0.6) is 5.75 Å². The maximum Gasteiger partial charge on any atom is 0.271 e. The Kier molecular flexibility index (Phi) is 7.73. The monoisotopic (exact) mass is 529 g/mol. The van der Waals surface area contributed by atoms with Gasteiger partial charge in [-0.2, -0.15) is 0 Å². The van der Waals surface area contributed by atoms with Gasteiger partial charge in [-0.05, 0) is 36.4 Å². The van der Waals surface area contributed by atoms with Crippen LogP contribution < -0.4 is 10.1 Å². The number of nitro groups is 1. The smallest absolute Gasteiger partial charge is 0.271 e. The molecule has 3 aromatic carbocycles. The third kappa shape index (κ3) is 5.14. The number of aliphatic hydroxyl groups is 4. The average Bonchev–Trinajstić information content (AvgIpc) is 2.89. The fourth-order valence-corrected chi connectivity index (χ4v) is 4.19. The zero-order valence-corrected chi connectivity index (χ0v) is 20.0. The van der Waals surface area contributed by atoms with Crippen molar-refractivity contribution in [2.24, 2.45) is 0 Å². The second-order valence-electron chi connectivity index (χ2n) is 8.43. The largest absolute Gasteiger partial charge is 0.462 e. The van der Waals surface area contributed by atoms with Crippen molar-refractivity contribution >= 4 is 51.3 Å². The number of nitro benzene ring substituents is 1. The van der Waals surface area contributed by atoms with E-state index >= 15 is 0 Å². The Morgan fingerprint density at radius 1 is 0.946 bits per heavy atom. The van der Waals surface area contributed by atoms with Gasteiger partial charge in [0, 0.05) is 28.6 Å². The Morgan fingerprint density at radius 3 is 2.35 bits per heavy atom. The lowest BCUT2D eigenvalue weighted by Gasteiger charge is -2.39. The molecule has 12 heteroatoms. The van der Waals surface area contributed by atoms with E-state index in [1.165, 1.54) is 12.1 Å². The topological polar surface area (TPSA) is 167 Å². The molecule has 2 heterocycles. The normalized spacial score (nSPS) is 23.4. The molecule has 1 fully saturated rings. The van der Waals surface area contributed by atoms with E-state index in [-0.39, 0.29) is 18.1 Å². The molecule has 0 radical (unpaired) electrons. The SMILES string of the molecule is Cl.O=[N+]([O-])c1ccc2c(Nc3ccc(O[C@H]4O[C@@H](CO)[C@H](O)[C@@H](O)[C@@H]4O)cc3)c3ccccc3nc2c1. The van der Waals surface area contributed by atoms with Gasteiger partial charge in [0.1, 0.15) is 30.2 Å². The van der Waals surface area contributed by atoms with Crippen LogP contribution in [0.2, 0.25) is 0 Å². The highest BCUT2D eigenvalue weighted by Gasteiger charge is 2.44. The third-order valence-corrected chi connectivity index (χ3v) is 6.10. The van der Waals surface area contributed by atoms with Crippen LogP contribution in [0.15, 0.2) is 66.7 Å². The minimum absolute atomic E-state index is 0. The number of fused-ring (bicyclic) bond motifs is 2. The Balaban J connectivity index is 0.00000320. The molecule has 0 spiro atoms. The van der Waals surface area contributed by atoms with Crippen LogP contribution in [0.1, 0.15) is 0 Å². The average molecular weight is 530 g/mol. The molecule has 0 unspecified atom stereocenters. The number of nitrogens with one attached hydrogen (secondary N) is 1. The van der Waals surface area contributed by atoms with Crippen molar-refractivity contribution in [3.05, 3.63) is 76.8 Å². The second-order valence-corrected chi connectivity index (χ2v) is 8.43. The third-order valence-electron chi connectivity index (χ3n) is 6.10. The number of aliphatic hydroxyl groups excluding tert-OH is 4. The standard InChI is InChI=1S/C25H23N3O8.ClH/c29-12-20-22(30)23(31)24(32)25(36-20)35-15-8-5-13(6-9-15)26-21-16-3-1-2-4-18(16)27-19-11-14(28(33)34)7-10-17(19)21;/h1-11,20,22-25,29-32H,12H2,(H,26,27);1H/t20-,22-,23+,24-,25-;/m0./s1. The van der Waals surface area contributed by atoms with Gasteiger partial charge in [-0.3, -0.25) is 10.1 Å². The van der Waals surface area contributed by atoms with Crippen molar-refractivity contribution in [3.8, 4) is 5.75 Å². The Labute approximate surface area is 216 Å². The number of benzene rings is 3. The Hall–Kier alpha value is -3.58. The maximum absolute atomic E-state index is 11.2. The first-order valence-corrected chi connectivity index (χ1v) is 11.2. The van der Waals surface area contributed by atoms with Crippen LogP contribution in [0, 0.1) is 10.1 Å². The van der Waals surface area contributed by atoms with E-state index in [0.29, 0.717) is 27.9 Å². The number of pyridine rings is 1. The first-order valence-electron chi connectivity index (χ1n) is 11.2. The van der Waals surface area contributed by atoms with Gasteiger partial charge in [0.25, 0.3) is 5.69 Å². The van der Waals surface area contributed by atoms with Crippen molar-refractivity contribution in [3.63, 3.8) is 0 Å². The van der Waals surface area contributed by atoms with Crippen molar-refractivity contribution in [2.75, 3.05) is 11.9 Å². The van der Waals surface area contributed by atoms with Crippen molar-refractivity contribution in [2.45, 2.75) is 30.7 Å². The molecule has 5 N–H and O–H groups in total. The van der Waals surface area contributed by atoms with Gasteiger partial charge in [0.05, 0.1) is 28.3 Å². The molecule has 1 aliphatic heterocycles. The van der Waals surface area contributed by atoms with E-state index in [9.17, 15) is 30.5 Å². The number of aromatic nitrogens is 1. The number of hydrogen-bond donors (Lipinski definition) is 5. The molecule has 194 valence electrons. The summed E-state index contributed by atoms with van der Waals surface area (Å²) in [6.07, 6.45) is -6.88. The van der Waals surface area contributed by atoms with E-state index in [1.807, 2.05) is 24.3 Å². The predicted molar refractivity (Wildman–Crippen MR) is 137 cm³/mol. The van der Waals surface area contributed by atoms with Crippen LogP contribution in [0.4, 0.5) is 17.1 Å². The Morgan fingerprint density at radius 2 is 1.65 bits per heavy atom. The lowest BCUT2D eigenvalue weighted by molar-refractivity contribution is -0.384. The maximum atomic E-state index is 11.2. The number of non-ortho nitro benzene ring substituents is 1. The summed E-state index contributed by atoms with van der Waals surface area (Å²) >= 11 is 0. The minimum atomic E-state index is -1.54. The number of halogens is 1. The first kappa shape index (κ1) is 26.5. The van der Waals surface area contributed by atoms with Crippen LogP contribution >= 0.6 is 12.4 Å². The minimum Gasteiger partial charge on any atom is -0.462 e.